The summed E-state index contributed by atoms with van der Waals surface area (Å²) in [5.74, 6) is -0.462. The average molecular weight is 324 g/mol. The van der Waals surface area contributed by atoms with Crippen LogP contribution in [0.4, 0.5) is 4.79 Å². The van der Waals surface area contributed by atoms with Crippen molar-refractivity contribution < 1.29 is 14.3 Å². The molecule has 7 heteroatoms. The smallest absolute Gasteiger partial charge is 0.325 e. The Hall–Kier alpha value is -1.86. The van der Waals surface area contributed by atoms with Crippen LogP contribution >= 0.6 is 22.7 Å². The van der Waals surface area contributed by atoms with Crippen LogP contribution in [0.25, 0.3) is 0 Å². The second-order valence-corrected chi connectivity index (χ2v) is 6.31. The van der Waals surface area contributed by atoms with Gasteiger partial charge in [0, 0.05) is 9.75 Å². The van der Waals surface area contributed by atoms with Crippen LogP contribution in [0.3, 0.4) is 0 Å². The Morgan fingerprint density at radius 1 is 1.14 bits per heavy atom. The predicted octanol–water partition coefficient (Wildman–Crippen LogP) is 2.69. The maximum atomic E-state index is 12.2. The number of ether oxygens (including phenoxy) is 1. The van der Waals surface area contributed by atoms with Crippen LogP contribution < -0.4 is 5.32 Å². The maximum Gasteiger partial charge on any atom is 0.325 e. The molecule has 0 bridgehead atoms. The van der Waals surface area contributed by atoms with Crippen molar-refractivity contribution in [3.63, 3.8) is 0 Å². The van der Waals surface area contributed by atoms with Gasteiger partial charge >= 0.3 is 12.0 Å². The van der Waals surface area contributed by atoms with E-state index in [2.05, 4.69) is 10.1 Å². The normalized spacial score (nSPS) is 10.1. The summed E-state index contributed by atoms with van der Waals surface area (Å²) in [6, 6.07) is 7.60. The summed E-state index contributed by atoms with van der Waals surface area (Å²) in [6.07, 6.45) is 0. The summed E-state index contributed by atoms with van der Waals surface area (Å²) in [6.45, 7) is 0.909. The van der Waals surface area contributed by atoms with Crippen LogP contribution in [0.1, 0.15) is 9.75 Å². The second kappa shape index (κ2) is 7.80. The van der Waals surface area contributed by atoms with Gasteiger partial charge in [0.1, 0.15) is 6.54 Å². The topological polar surface area (TPSA) is 58.6 Å². The maximum absolute atomic E-state index is 12.2. The first kappa shape index (κ1) is 15.5. The molecule has 0 atom stereocenters. The Kier molecular flexibility index (Phi) is 5.77. The quantitative estimate of drug-likeness (QED) is 0.831. The molecule has 0 aliphatic carbocycles. The van der Waals surface area contributed by atoms with Crippen molar-refractivity contribution in [2.24, 2.45) is 0 Å². The minimum Gasteiger partial charge on any atom is -0.468 e. The molecule has 0 aromatic carbocycles. The zero-order chi connectivity index (χ0) is 15.1. The van der Waals surface area contributed by atoms with E-state index in [9.17, 15) is 9.59 Å². The van der Waals surface area contributed by atoms with Gasteiger partial charge in [0.15, 0.2) is 0 Å². The van der Waals surface area contributed by atoms with E-state index in [1.807, 2.05) is 35.0 Å². The van der Waals surface area contributed by atoms with E-state index in [0.29, 0.717) is 13.1 Å². The van der Waals surface area contributed by atoms with Gasteiger partial charge in [0.05, 0.1) is 20.2 Å². The number of nitrogens with zero attached hydrogens (tertiary/aromatic N) is 1. The molecule has 0 spiro atoms. The molecule has 2 aromatic heterocycles. The number of nitrogens with one attached hydrogen (secondary N) is 1. The van der Waals surface area contributed by atoms with Gasteiger partial charge in [-0.25, -0.2) is 4.79 Å². The lowest BCUT2D eigenvalue weighted by Crippen LogP contribution is -2.41. The van der Waals surface area contributed by atoms with Gasteiger partial charge < -0.3 is 15.0 Å². The van der Waals surface area contributed by atoms with Crippen molar-refractivity contribution in [1.82, 2.24) is 10.2 Å². The molecule has 5 nitrogen and oxygen atoms in total. The fourth-order valence-corrected chi connectivity index (χ4v) is 3.15. The summed E-state index contributed by atoms with van der Waals surface area (Å²) in [4.78, 5) is 27.2. The summed E-state index contributed by atoms with van der Waals surface area (Å²) < 4.78 is 4.52. The van der Waals surface area contributed by atoms with Gasteiger partial charge in [-0.1, -0.05) is 12.1 Å². The van der Waals surface area contributed by atoms with E-state index in [1.54, 1.807) is 27.6 Å². The standard InChI is InChI=1S/C14H16N2O3S2/c1-19-13(17)8-15-14(18)16(9-11-4-2-6-20-11)10-12-5-3-7-21-12/h2-7H,8-10H2,1H3,(H,15,18). The van der Waals surface area contributed by atoms with Gasteiger partial charge in [0.2, 0.25) is 0 Å². The monoisotopic (exact) mass is 324 g/mol. The second-order valence-electron chi connectivity index (χ2n) is 4.25. The number of carbonyl (C=O) groups excluding carboxylic acids is 2. The molecule has 21 heavy (non-hydrogen) atoms. The zero-order valence-corrected chi connectivity index (χ0v) is 13.2. The number of hydrogen-bond acceptors (Lipinski definition) is 5. The van der Waals surface area contributed by atoms with Crippen LogP contribution in [0, 0.1) is 0 Å². The Morgan fingerprint density at radius 3 is 2.14 bits per heavy atom. The fraction of sp³-hybridized carbons (Fsp3) is 0.286. The van der Waals surface area contributed by atoms with Crippen molar-refractivity contribution in [2.75, 3.05) is 13.7 Å². The predicted molar refractivity (Wildman–Crippen MR) is 83.3 cm³/mol. The number of methoxy groups -OCH3 is 1. The molecule has 112 valence electrons. The van der Waals surface area contributed by atoms with Crippen LogP contribution in [0.5, 0.6) is 0 Å². The van der Waals surface area contributed by atoms with E-state index in [4.69, 9.17) is 0 Å². The highest BCUT2D eigenvalue weighted by Crippen LogP contribution is 2.17. The van der Waals surface area contributed by atoms with Crippen molar-refractivity contribution in [1.29, 1.82) is 0 Å². The molecule has 1 N–H and O–H groups in total. The van der Waals surface area contributed by atoms with E-state index >= 15 is 0 Å². The number of thiophene rings is 2. The minimum absolute atomic E-state index is 0.124. The van der Waals surface area contributed by atoms with Crippen molar-refractivity contribution in [3.8, 4) is 0 Å². The van der Waals surface area contributed by atoms with Gasteiger partial charge in [-0.2, -0.15) is 0 Å². The van der Waals surface area contributed by atoms with E-state index in [1.165, 1.54) is 7.11 Å². The molecule has 0 unspecified atom stereocenters. The lowest BCUT2D eigenvalue weighted by Gasteiger charge is -2.21. The van der Waals surface area contributed by atoms with E-state index in [-0.39, 0.29) is 12.6 Å². The highest BCUT2D eigenvalue weighted by atomic mass is 32.1. The molecule has 0 aliphatic rings. The first-order chi connectivity index (χ1) is 10.2. The van der Waals surface area contributed by atoms with Gasteiger partial charge in [-0.05, 0) is 22.9 Å². The lowest BCUT2D eigenvalue weighted by molar-refractivity contribution is -0.139. The molecule has 2 heterocycles. The van der Waals surface area contributed by atoms with Crippen molar-refractivity contribution in [2.45, 2.75) is 13.1 Å². The molecule has 0 aliphatic heterocycles. The van der Waals surface area contributed by atoms with E-state index < -0.39 is 5.97 Å². The average Bonchev–Trinajstić information content (AvgIpc) is 3.17. The summed E-state index contributed by atoms with van der Waals surface area (Å²) in [7, 11) is 1.30. The molecular weight excluding hydrogens is 308 g/mol. The Morgan fingerprint density at radius 2 is 1.71 bits per heavy atom. The van der Waals surface area contributed by atoms with Crippen molar-refractivity contribution >= 4 is 34.7 Å². The highest BCUT2D eigenvalue weighted by molar-refractivity contribution is 7.10. The Balaban J connectivity index is 2.00. The molecule has 2 aromatic rings. The number of hydrogen-bond donors (Lipinski definition) is 1. The lowest BCUT2D eigenvalue weighted by atomic mass is 10.4. The summed E-state index contributed by atoms with van der Waals surface area (Å²) in [5.41, 5.74) is 0. The third-order valence-electron chi connectivity index (χ3n) is 2.75. The molecular formula is C14H16N2O3S2. The van der Waals surface area contributed by atoms with E-state index in [0.717, 1.165) is 9.75 Å². The van der Waals surface area contributed by atoms with Gasteiger partial charge in [0.25, 0.3) is 0 Å². The molecule has 0 saturated carbocycles. The number of rotatable bonds is 6. The van der Waals surface area contributed by atoms with Crippen LogP contribution in [0.15, 0.2) is 35.0 Å². The Bertz CT molecular complexity index is 531. The molecule has 0 fully saturated rings. The molecule has 0 saturated heterocycles. The minimum atomic E-state index is -0.462. The third kappa shape index (κ3) is 4.87. The summed E-state index contributed by atoms with van der Waals surface area (Å²) in [5, 5.41) is 6.53. The van der Waals surface area contributed by atoms with Crippen LogP contribution in [0.2, 0.25) is 0 Å². The molecule has 0 radical (unpaired) electrons. The molecule has 2 rings (SSSR count). The van der Waals surface area contributed by atoms with Crippen LogP contribution in [-0.2, 0) is 22.6 Å². The van der Waals surface area contributed by atoms with Crippen molar-refractivity contribution in [3.05, 3.63) is 44.8 Å². The largest absolute Gasteiger partial charge is 0.468 e. The Labute approximate surface area is 131 Å². The SMILES string of the molecule is COC(=O)CNC(=O)N(Cc1cccs1)Cc1cccs1. The van der Waals surface area contributed by atoms with Gasteiger partial charge in [-0.3, -0.25) is 4.79 Å². The first-order valence-corrected chi connectivity index (χ1v) is 8.09. The highest BCUT2D eigenvalue weighted by Gasteiger charge is 2.16. The molecule has 2 amide bonds. The first-order valence-electron chi connectivity index (χ1n) is 6.33. The fourth-order valence-electron chi connectivity index (χ4n) is 1.71. The van der Waals surface area contributed by atoms with Crippen LogP contribution in [-0.4, -0.2) is 30.6 Å². The summed E-state index contributed by atoms with van der Waals surface area (Å²) >= 11 is 3.20. The number of carbonyl (C=O) groups is 2. The zero-order valence-electron chi connectivity index (χ0n) is 11.6. The number of esters is 1. The number of urea groups is 1. The van der Waals surface area contributed by atoms with Gasteiger partial charge in [-0.15, -0.1) is 22.7 Å². The third-order valence-corrected chi connectivity index (χ3v) is 4.47. The number of amides is 2.